The fourth-order valence-electron chi connectivity index (χ4n) is 3.15. The topological polar surface area (TPSA) is 75.9 Å². The molecule has 3 rings (SSSR count). The quantitative estimate of drug-likeness (QED) is 0.860. The number of hydrogen-bond donors (Lipinski definition) is 1. The number of nitrogens with one attached hydrogen (secondary N) is 1. The fraction of sp³-hybridized carbons (Fsp3) is 0.556. The Labute approximate surface area is 148 Å². The average molecular weight is 342 g/mol. The number of hydrogen-bond acceptors (Lipinski definition) is 5. The molecule has 1 fully saturated rings. The maximum absolute atomic E-state index is 12.2. The van der Waals surface area contributed by atoms with Gasteiger partial charge in [-0.3, -0.25) is 9.69 Å². The molecule has 0 bridgehead atoms. The van der Waals surface area contributed by atoms with Crippen LogP contribution in [0.25, 0.3) is 5.69 Å². The van der Waals surface area contributed by atoms with Gasteiger partial charge in [-0.15, -0.1) is 5.10 Å². The second-order valence-electron chi connectivity index (χ2n) is 6.97. The van der Waals surface area contributed by atoms with Gasteiger partial charge in [0.15, 0.2) is 0 Å². The molecular weight excluding hydrogens is 316 g/mol. The van der Waals surface area contributed by atoms with Gasteiger partial charge in [0.1, 0.15) is 6.33 Å². The summed E-state index contributed by atoms with van der Waals surface area (Å²) in [6, 6.07) is 8.09. The van der Waals surface area contributed by atoms with Gasteiger partial charge in [-0.2, -0.15) is 0 Å². The van der Waals surface area contributed by atoms with E-state index in [9.17, 15) is 4.79 Å². The molecule has 25 heavy (non-hydrogen) atoms. The fourth-order valence-corrected chi connectivity index (χ4v) is 3.15. The molecule has 1 aliphatic rings. The lowest BCUT2D eigenvalue weighted by Crippen LogP contribution is -2.45. The predicted molar refractivity (Wildman–Crippen MR) is 95.3 cm³/mol. The normalized spacial score (nSPS) is 17.4. The molecule has 0 radical (unpaired) electrons. The van der Waals surface area contributed by atoms with Crippen LogP contribution < -0.4 is 5.32 Å². The first-order valence-electron chi connectivity index (χ1n) is 8.95. The van der Waals surface area contributed by atoms with E-state index in [-0.39, 0.29) is 5.91 Å². The summed E-state index contributed by atoms with van der Waals surface area (Å²) in [5.41, 5.74) is 1.86. The molecule has 0 saturated carbocycles. The smallest absolute Gasteiger partial charge is 0.224 e. The van der Waals surface area contributed by atoms with Crippen LogP contribution >= 0.6 is 0 Å². The first-order chi connectivity index (χ1) is 12.1. The Balaban J connectivity index is 1.44. The number of tetrazole rings is 1. The summed E-state index contributed by atoms with van der Waals surface area (Å²) in [5, 5.41) is 14.1. The minimum absolute atomic E-state index is 0.0624. The summed E-state index contributed by atoms with van der Waals surface area (Å²) in [4.78, 5) is 14.7. The molecule has 1 aliphatic heterocycles. The van der Waals surface area contributed by atoms with Gasteiger partial charge in [0.05, 0.1) is 12.1 Å². The maximum Gasteiger partial charge on any atom is 0.224 e. The van der Waals surface area contributed by atoms with Crippen LogP contribution in [0.15, 0.2) is 30.6 Å². The molecule has 2 heterocycles. The van der Waals surface area contributed by atoms with Crippen molar-refractivity contribution in [2.75, 3.05) is 19.6 Å². The van der Waals surface area contributed by atoms with Crippen LogP contribution in [-0.2, 0) is 11.2 Å². The van der Waals surface area contributed by atoms with E-state index in [2.05, 4.69) is 39.6 Å². The minimum Gasteiger partial charge on any atom is -0.354 e. The molecule has 1 atom stereocenters. The van der Waals surface area contributed by atoms with Crippen LogP contribution in [0.3, 0.4) is 0 Å². The first kappa shape index (κ1) is 17.5. The Morgan fingerprint density at radius 3 is 2.64 bits per heavy atom. The summed E-state index contributed by atoms with van der Waals surface area (Å²) in [5.74, 6) is 0.890. The number of aromatic nitrogens is 4. The molecule has 7 heteroatoms. The summed E-state index contributed by atoms with van der Waals surface area (Å²) in [6.07, 6.45) is 4.45. The zero-order chi connectivity index (χ0) is 17.6. The van der Waals surface area contributed by atoms with E-state index < -0.39 is 0 Å². The lowest BCUT2D eigenvalue weighted by atomic mass is 9.98. The number of carbonyl (C=O) groups excluding carboxylic acids is 1. The van der Waals surface area contributed by atoms with E-state index >= 15 is 0 Å². The van der Waals surface area contributed by atoms with Crippen molar-refractivity contribution in [1.82, 2.24) is 30.4 Å². The van der Waals surface area contributed by atoms with Crippen LogP contribution in [-0.4, -0.2) is 56.7 Å². The SMILES string of the molecule is CC1CCN([C@H](C)CNC(=O)Cc2ccc(-n3cnnn3)cc2)CC1. The third kappa shape index (κ3) is 4.85. The van der Waals surface area contributed by atoms with Gasteiger partial charge in [-0.1, -0.05) is 19.1 Å². The van der Waals surface area contributed by atoms with Crippen molar-refractivity contribution < 1.29 is 4.79 Å². The molecule has 0 spiro atoms. The molecule has 2 aromatic rings. The second-order valence-corrected chi connectivity index (χ2v) is 6.97. The molecule has 0 unspecified atom stereocenters. The van der Waals surface area contributed by atoms with Crippen molar-refractivity contribution >= 4 is 5.91 Å². The van der Waals surface area contributed by atoms with Gasteiger partial charge < -0.3 is 5.32 Å². The number of piperidine rings is 1. The third-order valence-electron chi connectivity index (χ3n) is 4.95. The first-order valence-corrected chi connectivity index (χ1v) is 8.95. The Morgan fingerprint density at radius 1 is 1.28 bits per heavy atom. The van der Waals surface area contributed by atoms with E-state index in [0.29, 0.717) is 19.0 Å². The van der Waals surface area contributed by atoms with E-state index in [1.165, 1.54) is 12.8 Å². The van der Waals surface area contributed by atoms with Crippen molar-refractivity contribution in [2.45, 2.75) is 39.2 Å². The van der Waals surface area contributed by atoms with Crippen molar-refractivity contribution in [3.63, 3.8) is 0 Å². The van der Waals surface area contributed by atoms with Crippen LogP contribution in [0, 0.1) is 5.92 Å². The Bertz CT molecular complexity index is 661. The largest absolute Gasteiger partial charge is 0.354 e. The minimum atomic E-state index is 0.0624. The Morgan fingerprint density at radius 2 is 2.00 bits per heavy atom. The zero-order valence-corrected chi connectivity index (χ0v) is 14.9. The molecule has 134 valence electrons. The molecule has 1 saturated heterocycles. The van der Waals surface area contributed by atoms with Crippen LogP contribution in [0.2, 0.25) is 0 Å². The van der Waals surface area contributed by atoms with Crippen molar-refractivity contribution in [1.29, 1.82) is 0 Å². The highest BCUT2D eigenvalue weighted by Crippen LogP contribution is 2.17. The number of amides is 1. The molecule has 1 N–H and O–H groups in total. The molecule has 0 aliphatic carbocycles. The lowest BCUT2D eigenvalue weighted by Gasteiger charge is -2.35. The molecule has 1 aromatic carbocycles. The van der Waals surface area contributed by atoms with Crippen molar-refractivity contribution in [2.24, 2.45) is 5.92 Å². The van der Waals surface area contributed by atoms with Gasteiger partial charge in [-0.25, -0.2) is 4.68 Å². The van der Waals surface area contributed by atoms with E-state index in [0.717, 1.165) is 30.3 Å². The standard InChI is InChI=1S/C18H26N6O/c1-14-7-9-23(10-8-14)15(2)12-19-18(25)11-16-3-5-17(6-4-16)24-13-20-21-22-24/h3-6,13-15H,7-12H2,1-2H3,(H,19,25)/t15-/m1/s1. The third-order valence-corrected chi connectivity index (χ3v) is 4.95. The summed E-state index contributed by atoms with van der Waals surface area (Å²) in [7, 11) is 0. The Kier molecular flexibility index (Phi) is 5.75. The monoisotopic (exact) mass is 342 g/mol. The number of rotatable bonds is 6. The second kappa shape index (κ2) is 8.20. The van der Waals surface area contributed by atoms with Crippen molar-refractivity contribution in [3.8, 4) is 5.69 Å². The summed E-state index contributed by atoms with van der Waals surface area (Å²) in [6.45, 7) is 7.48. The number of carbonyl (C=O) groups is 1. The Hall–Kier alpha value is -2.28. The highest BCUT2D eigenvalue weighted by molar-refractivity contribution is 5.78. The predicted octanol–water partition coefficient (Wildman–Crippen LogP) is 1.44. The highest BCUT2D eigenvalue weighted by atomic mass is 16.1. The van der Waals surface area contributed by atoms with Gasteiger partial charge in [-0.05, 0) is 66.9 Å². The number of benzene rings is 1. The average Bonchev–Trinajstić information content (AvgIpc) is 3.15. The van der Waals surface area contributed by atoms with Gasteiger partial charge in [0.2, 0.25) is 5.91 Å². The van der Waals surface area contributed by atoms with Gasteiger partial charge >= 0.3 is 0 Å². The van der Waals surface area contributed by atoms with Gasteiger partial charge in [0.25, 0.3) is 0 Å². The molecule has 7 nitrogen and oxygen atoms in total. The van der Waals surface area contributed by atoms with E-state index in [1.807, 2.05) is 24.3 Å². The number of likely N-dealkylation sites (tertiary alicyclic amines) is 1. The van der Waals surface area contributed by atoms with Crippen LogP contribution in [0.4, 0.5) is 0 Å². The molecular formula is C18H26N6O. The zero-order valence-electron chi connectivity index (χ0n) is 14.9. The van der Waals surface area contributed by atoms with Crippen LogP contribution in [0.5, 0.6) is 0 Å². The highest BCUT2D eigenvalue weighted by Gasteiger charge is 2.20. The summed E-state index contributed by atoms with van der Waals surface area (Å²) < 4.78 is 1.59. The van der Waals surface area contributed by atoms with E-state index in [4.69, 9.17) is 0 Å². The van der Waals surface area contributed by atoms with Crippen molar-refractivity contribution in [3.05, 3.63) is 36.2 Å². The number of nitrogens with zero attached hydrogens (tertiary/aromatic N) is 5. The van der Waals surface area contributed by atoms with Crippen LogP contribution in [0.1, 0.15) is 32.3 Å². The maximum atomic E-state index is 12.2. The lowest BCUT2D eigenvalue weighted by molar-refractivity contribution is -0.120. The van der Waals surface area contributed by atoms with Gasteiger partial charge in [0, 0.05) is 12.6 Å². The summed E-state index contributed by atoms with van der Waals surface area (Å²) >= 11 is 0. The molecule has 1 amide bonds. The van der Waals surface area contributed by atoms with E-state index in [1.54, 1.807) is 11.0 Å². The molecule has 1 aromatic heterocycles.